The summed E-state index contributed by atoms with van der Waals surface area (Å²) in [6.07, 6.45) is 9.41. The van der Waals surface area contributed by atoms with E-state index >= 15 is 0 Å². The Morgan fingerprint density at radius 2 is 1.86 bits per heavy atom. The first kappa shape index (κ1) is 16.2. The van der Waals surface area contributed by atoms with Crippen molar-refractivity contribution in [1.82, 2.24) is 0 Å². The number of unbranched alkanes of at least 4 members (excludes halogenated alkanes) is 6. The highest BCUT2D eigenvalue weighted by Crippen LogP contribution is 2.32. The van der Waals surface area contributed by atoms with E-state index in [1.54, 1.807) is 0 Å². The molecular formula is C18H29NO2. The third-order valence-electron chi connectivity index (χ3n) is 4.20. The summed E-state index contributed by atoms with van der Waals surface area (Å²) in [6.45, 7) is 5.18. The summed E-state index contributed by atoms with van der Waals surface area (Å²) in [5, 5.41) is 9.20. The molecule has 1 aliphatic heterocycles. The second kappa shape index (κ2) is 8.93. The lowest BCUT2D eigenvalue weighted by Gasteiger charge is -2.31. The maximum absolute atomic E-state index is 9.20. The van der Waals surface area contributed by atoms with E-state index in [0.29, 0.717) is 0 Å². The molecule has 1 N–H and O–H groups in total. The molecule has 1 aliphatic rings. The van der Waals surface area contributed by atoms with Gasteiger partial charge in [-0.15, -0.1) is 0 Å². The van der Waals surface area contributed by atoms with Gasteiger partial charge in [-0.3, -0.25) is 0 Å². The van der Waals surface area contributed by atoms with E-state index in [-0.39, 0.29) is 6.61 Å². The molecule has 0 unspecified atom stereocenters. The van der Waals surface area contributed by atoms with Crippen LogP contribution in [0.4, 0.5) is 5.69 Å². The Bertz CT molecular complexity index is 420. The van der Waals surface area contributed by atoms with Crippen LogP contribution in [0.2, 0.25) is 0 Å². The van der Waals surface area contributed by atoms with Crippen molar-refractivity contribution < 1.29 is 9.84 Å². The van der Waals surface area contributed by atoms with Crippen molar-refractivity contribution >= 4 is 5.69 Å². The topological polar surface area (TPSA) is 32.7 Å². The standard InChI is InChI=1S/C18H29NO2/c1-2-3-4-5-6-7-8-11-19-12-13-21-18-14-16(15-20)9-10-17(18)19/h9-10,14,20H,2-8,11-13,15H2,1H3. The smallest absolute Gasteiger partial charge is 0.143 e. The van der Waals surface area contributed by atoms with Gasteiger partial charge in [0.15, 0.2) is 0 Å². The van der Waals surface area contributed by atoms with E-state index in [2.05, 4.69) is 17.9 Å². The van der Waals surface area contributed by atoms with E-state index in [1.165, 1.54) is 50.6 Å². The molecule has 2 rings (SSSR count). The number of fused-ring (bicyclic) bond motifs is 1. The monoisotopic (exact) mass is 291 g/mol. The van der Waals surface area contributed by atoms with Crippen LogP contribution in [0.1, 0.15) is 57.4 Å². The number of benzene rings is 1. The predicted molar refractivity (Wildman–Crippen MR) is 88.1 cm³/mol. The first-order valence-electron chi connectivity index (χ1n) is 8.46. The van der Waals surface area contributed by atoms with Crippen LogP contribution in [-0.2, 0) is 6.61 Å². The minimum Gasteiger partial charge on any atom is -0.490 e. The molecule has 0 fully saturated rings. The fourth-order valence-electron chi connectivity index (χ4n) is 2.91. The molecular weight excluding hydrogens is 262 g/mol. The fourth-order valence-corrected chi connectivity index (χ4v) is 2.91. The van der Waals surface area contributed by atoms with Gasteiger partial charge in [0.2, 0.25) is 0 Å². The normalized spacial score (nSPS) is 13.9. The third kappa shape index (κ3) is 4.92. The summed E-state index contributed by atoms with van der Waals surface area (Å²) in [5.74, 6) is 0.927. The highest BCUT2D eigenvalue weighted by atomic mass is 16.5. The van der Waals surface area contributed by atoms with Crippen molar-refractivity contribution in [2.24, 2.45) is 0 Å². The second-order valence-corrected chi connectivity index (χ2v) is 5.92. The van der Waals surface area contributed by atoms with Crippen LogP contribution in [0.5, 0.6) is 5.75 Å². The second-order valence-electron chi connectivity index (χ2n) is 5.92. The van der Waals surface area contributed by atoms with Crippen molar-refractivity contribution in [1.29, 1.82) is 0 Å². The largest absolute Gasteiger partial charge is 0.490 e. The molecule has 0 saturated heterocycles. The average molecular weight is 291 g/mol. The molecule has 0 bridgehead atoms. The molecule has 0 atom stereocenters. The molecule has 1 aromatic rings. The number of aliphatic hydroxyl groups excluding tert-OH is 1. The number of nitrogens with zero attached hydrogens (tertiary/aromatic N) is 1. The fraction of sp³-hybridized carbons (Fsp3) is 0.667. The SMILES string of the molecule is CCCCCCCCCN1CCOc2cc(CO)ccc21. The molecule has 118 valence electrons. The zero-order valence-electron chi connectivity index (χ0n) is 13.3. The Hall–Kier alpha value is -1.22. The first-order valence-corrected chi connectivity index (χ1v) is 8.46. The third-order valence-corrected chi connectivity index (χ3v) is 4.20. The van der Waals surface area contributed by atoms with E-state index in [4.69, 9.17) is 4.74 Å². The molecule has 0 radical (unpaired) electrons. The zero-order chi connectivity index (χ0) is 14.9. The van der Waals surface area contributed by atoms with E-state index in [1.807, 2.05) is 12.1 Å². The van der Waals surface area contributed by atoms with Gasteiger partial charge in [0, 0.05) is 6.54 Å². The molecule has 3 nitrogen and oxygen atoms in total. The van der Waals surface area contributed by atoms with Crippen LogP contribution in [0.3, 0.4) is 0 Å². The maximum Gasteiger partial charge on any atom is 0.143 e. The summed E-state index contributed by atoms with van der Waals surface area (Å²) in [5.41, 5.74) is 2.11. The van der Waals surface area contributed by atoms with Crippen LogP contribution < -0.4 is 9.64 Å². The van der Waals surface area contributed by atoms with Crippen LogP contribution in [0.15, 0.2) is 18.2 Å². The lowest BCUT2D eigenvalue weighted by Crippen LogP contribution is -2.33. The summed E-state index contributed by atoms with van der Waals surface area (Å²) in [6, 6.07) is 6.04. The number of anilines is 1. The Morgan fingerprint density at radius 3 is 2.62 bits per heavy atom. The van der Waals surface area contributed by atoms with Gasteiger partial charge in [-0.2, -0.15) is 0 Å². The summed E-state index contributed by atoms with van der Waals surface area (Å²) in [4.78, 5) is 2.42. The molecule has 0 aromatic heterocycles. The van der Waals surface area contributed by atoms with Crippen LogP contribution in [0.25, 0.3) is 0 Å². The Balaban J connectivity index is 1.75. The van der Waals surface area contributed by atoms with Gasteiger partial charge in [0.25, 0.3) is 0 Å². The van der Waals surface area contributed by atoms with Gasteiger partial charge in [-0.25, -0.2) is 0 Å². The van der Waals surface area contributed by atoms with E-state index in [0.717, 1.165) is 31.0 Å². The predicted octanol–water partition coefficient (Wildman–Crippen LogP) is 4.13. The Labute approximate surface area is 128 Å². The minimum absolute atomic E-state index is 0.0778. The quantitative estimate of drug-likeness (QED) is 0.694. The molecule has 0 spiro atoms. The zero-order valence-corrected chi connectivity index (χ0v) is 13.3. The van der Waals surface area contributed by atoms with E-state index < -0.39 is 0 Å². The van der Waals surface area contributed by atoms with Crippen LogP contribution in [0, 0.1) is 0 Å². The molecule has 0 saturated carbocycles. The summed E-state index contributed by atoms with van der Waals surface area (Å²) >= 11 is 0. The van der Waals surface area contributed by atoms with Gasteiger partial charge in [0.1, 0.15) is 12.4 Å². The highest BCUT2D eigenvalue weighted by molar-refractivity contribution is 5.61. The van der Waals surface area contributed by atoms with Crippen molar-refractivity contribution in [2.45, 2.75) is 58.5 Å². The average Bonchev–Trinajstić information content (AvgIpc) is 2.53. The number of hydrogen-bond donors (Lipinski definition) is 1. The van der Waals surface area contributed by atoms with Gasteiger partial charge in [0.05, 0.1) is 18.8 Å². The van der Waals surface area contributed by atoms with Gasteiger partial charge >= 0.3 is 0 Å². The Morgan fingerprint density at radius 1 is 1.10 bits per heavy atom. The molecule has 3 heteroatoms. The van der Waals surface area contributed by atoms with Crippen LogP contribution >= 0.6 is 0 Å². The van der Waals surface area contributed by atoms with Crippen LogP contribution in [-0.4, -0.2) is 24.8 Å². The van der Waals surface area contributed by atoms with Crippen molar-refractivity contribution in [2.75, 3.05) is 24.6 Å². The van der Waals surface area contributed by atoms with Gasteiger partial charge in [-0.1, -0.05) is 51.5 Å². The first-order chi connectivity index (χ1) is 10.3. The summed E-state index contributed by atoms with van der Waals surface area (Å²) in [7, 11) is 0. The van der Waals surface area contributed by atoms with Crippen molar-refractivity contribution in [3.05, 3.63) is 23.8 Å². The molecule has 0 amide bonds. The lowest BCUT2D eigenvalue weighted by atomic mass is 10.1. The number of aliphatic hydroxyl groups is 1. The number of ether oxygens (including phenoxy) is 1. The van der Waals surface area contributed by atoms with Gasteiger partial charge in [-0.05, 0) is 24.1 Å². The molecule has 1 aromatic carbocycles. The van der Waals surface area contributed by atoms with E-state index in [9.17, 15) is 5.11 Å². The molecule has 0 aliphatic carbocycles. The van der Waals surface area contributed by atoms with Gasteiger partial charge < -0.3 is 14.7 Å². The summed E-state index contributed by atoms with van der Waals surface area (Å²) < 4.78 is 5.72. The lowest BCUT2D eigenvalue weighted by molar-refractivity contribution is 0.278. The van der Waals surface area contributed by atoms with Crippen molar-refractivity contribution in [3.63, 3.8) is 0 Å². The molecule has 21 heavy (non-hydrogen) atoms. The number of rotatable bonds is 9. The minimum atomic E-state index is 0.0778. The molecule has 1 heterocycles. The van der Waals surface area contributed by atoms with Crippen molar-refractivity contribution in [3.8, 4) is 5.75 Å². The Kier molecular flexibility index (Phi) is 6.87. The number of hydrogen-bond acceptors (Lipinski definition) is 3. The maximum atomic E-state index is 9.20. The highest BCUT2D eigenvalue weighted by Gasteiger charge is 2.17.